The van der Waals surface area contributed by atoms with Gasteiger partial charge in [-0.2, -0.15) is 0 Å². The van der Waals surface area contributed by atoms with Crippen molar-refractivity contribution in [1.82, 2.24) is 4.98 Å². The molecule has 3 aromatic rings. The van der Waals surface area contributed by atoms with E-state index in [2.05, 4.69) is 60.4 Å². The summed E-state index contributed by atoms with van der Waals surface area (Å²) in [6, 6.07) is 20.9. The lowest BCUT2D eigenvalue weighted by atomic mass is 10.0. The molecule has 0 fully saturated rings. The number of benzene rings is 2. The molecule has 0 atom stereocenters. The van der Waals surface area contributed by atoms with Gasteiger partial charge in [-0.25, -0.2) is 0 Å². The second-order valence-electron chi connectivity index (χ2n) is 4.64. The first kappa shape index (κ1) is 11.7. The summed E-state index contributed by atoms with van der Waals surface area (Å²) in [4.78, 5) is 4.33. The molecule has 0 aliphatic carbocycles. The molecule has 1 heteroatoms. The van der Waals surface area contributed by atoms with Crippen molar-refractivity contribution in [1.29, 1.82) is 0 Å². The van der Waals surface area contributed by atoms with Crippen LogP contribution in [0, 0.1) is 0 Å². The third-order valence-electron chi connectivity index (χ3n) is 3.26. The highest BCUT2D eigenvalue weighted by Gasteiger charge is 1.99. The average Bonchev–Trinajstić information content (AvgIpc) is 2.48. The van der Waals surface area contributed by atoms with Crippen LogP contribution in [0.25, 0.3) is 22.4 Å². The van der Waals surface area contributed by atoms with Crippen LogP contribution in [0.4, 0.5) is 0 Å². The molecule has 3 rings (SSSR count). The Morgan fingerprint density at radius 3 is 2.47 bits per heavy atom. The van der Waals surface area contributed by atoms with Gasteiger partial charge < -0.3 is 0 Å². The minimum atomic E-state index is 0.994. The van der Waals surface area contributed by atoms with Gasteiger partial charge >= 0.3 is 0 Å². The third-order valence-corrected chi connectivity index (χ3v) is 3.26. The largest absolute Gasteiger partial charge is 0.257 e. The quantitative estimate of drug-likeness (QED) is 0.632. The molecule has 0 N–H and O–H groups in total. The van der Waals surface area contributed by atoms with Crippen molar-refractivity contribution in [2.24, 2.45) is 0 Å². The maximum Gasteiger partial charge on any atom is 0.0632 e. The van der Waals surface area contributed by atoms with E-state index in [1.54, 1.807) is 0 Å². The SMILES string of the molecule is C/C(=C\c1ccccn1)c1ccc2ccccc2c1. The highest BCUT2D eigenvalue weighted by Crippen LogP contribution is 2.22. The number of aromatic nitrogens is 1. The Labute approximate surface area is 113 Å². The zero-order chi connectivity index (χ0) is 13.1. The fourth-order valence-electron chi connectivity index (χ4n) is 2.20. The summed E-state index contributed by atoms with van der Waals surface area (Å²) in [6.45, 7) is 2.12. The van der Waals surface area contributed by atoms with Crippen LogP contribution in [0.1, 0.15) is 18.2 Å². The molecular weight excluding hydrogens is 230 g/mol. The fraction of sp³-hybridized carbons (Fsp3) is 0.0556. The van der Waals surface area contributed by atoms with E-state index in [1.165, 1.54) is 21.9 Å². The Kier molecular flexibility index (Phi) is 3.11. The van der Waals surface area contributed by atoms with Gasteiger partial charge in [-0.15, -0.1) is 0 Å². The monoisotopic (exact) mass is 245 g/mol. The van der Waals surface area contributed by atoms with Crippen LogP contribution < -0.4 is 0 Å². The van der Waals surface area contributed by atoms with Crippen LogP contribution in [0.2, 0.25) is 0 Å². The second-order valence-corrected chi connectivity index (χ2v) is 4.64. The number of hydrogen-bond acceptors (Lipinski definition) is 1. The predicted octanol–water partition coefficient (Wildman–Crippen LogP) is 4.80. The van der Waals surface area contributed by atoms with Crippen LogP contribution >= 0.6 is 0 Å². The molecule has 1 heterocycles. The molecule has 19 heavy (non-hydrogen) atoms. The van der Waals surface area contributed by atoms with Crippen molar-refractivity contribution in [3.63, 3.8) is 0 Å². The van der Waals surface area contributed by atoms with E-state index in [4.69, 9.17) is 0 Å². The van der Waals surface area contributed by atoms with Gasteiger partial charge in [0.05, 0.1) is 5.69 Å². The van der Waals surface area contributed by atoms with E-state index in [1.807, 2.05) is 24.4 Å². The van der Waals surface area contributed by atoms with E-state index < -0.39 is 0 Å². The number of fused-ring (bicyclic) bond motifs is 1. The normalized spacial score (nSPS) is 11.7. The first-order chi connectivity index (χ1) is 9.33. The first-order valence-electron chi connectivity index (χ1n) is 6.41. The number of allylic oxidation sites excluding steroid dienone is 1. The Balaban J connectivity index is 2.02. The molecule has 2 aromatic carbocycles. The van der Waals surface area contributed by atoms with E-state index in [0.29, 0.717) is 0 Å². The second kappa shape index (κ2) is 5.07. The predicted molar refractivity (Wildman–Crippen MR) is 81.7 cm³/mol. The first-order valence-corrected chi connectivity index (χ1v) is 6.41. The molecule has 92 valence electrons. The molecule has 0 aliphatic heterocycles. The molecule has 0 radical (unpaired) electrons. The van der Waals surface area contributed by atoms with Crippen molar-refractivity contribution in [3.05, 3.63) is 78.1 Å². The van der Waals surface area contributed by atoms with E-state index >= 15 is 0 Å². The van der Waals surface area contributed by atoms with Crippen molar-refractivity contribution < 1.29 is 0 Å². The zero-order valence-corrected chi connectivity index (χ0v) is 10.9. The maximum absolute atomic E-state index is 4.33. The standard InChI is InChI=1S/C18H15N/c1-14(12-18-8-4-5-11-19-18)16-10-9-15-6-2-3-7-17(15)13-16/h2-13H,1H3/b14-12+. The van der Waals surface area contributed by atoms with Crippen LogP contribution in [0.5, 0.6) is 0 Å². The summed E-state index contributed by atoms with van der Waals surface area (Å²) in [5, 5.41) is 2.55. The molecule has 0 unspecified atom stereocenters. The number of nitrogens with zero attached hydrogens (tertiary/aromatic N) is 1. The molecule has 0 aliphatic rings. The highest BCUT2D eigenvalue weighted by atomic mass is 14.6. The molecule has 0 saturated heterocycles. The summed E-state index contributed by atoms with van der Waals surface area (Å²) in [6.07, 6.45) is 3.93. The molecule has 0 amide bonds. The van der Waals surface area contributed by atoms with Gasteiger partial charge in [0.15, 0.2) is 0 Å². The third kappa shape index (κ3) is 2.55. The minimum Gasteiger partial charge on any atom is -0.257 e. The van der Waals surface area contributed by atoms with Crippen LogP contribution in [0.3, 0.4) is 0 Å². The summed E-state index contributed by atoms with van der Waals surface area (Å²) in [5.41, 5.74) is 3.46. The minimum absolute atomic E-state index is 0.994. The summed E-state index contributed by atoms with van der Waals surface area (Å²) in [7, 11) is 0. The zero-order valence-electron chi connectivity index (χ0n) is 10.9. The highest BCUT2D eigenvalue weighted by molar-refractivity contribution is 5.88. The Morgan fingerprint density at radius 2 is 1.68 bits per heavy atom. The fourth-order valence-corrected chi connectivity index (χ4v) is 2.20. The molecule has 0 spiro atoms. The van der Waals surface area contributed by atoms with Crippen LogP contribution in [-0.2, 0) is 0 Å². The van der Waals surface area contributed by atoms with Crippen molar-refractivity contribution in [2.45, 2.75) is 6.92 Å². The molecule has 0 bridgehead atoms. The smallest absolute Gasteiger partial charge is 0.0632 e. The summed E-state index contributed by atoms with van der Waals surface area (Å²) < 4.78 is 0. The van der Waals surface area contributed by atoms with E-state index in [-0.39, 0.29) is 0 Å². The van der Waals surface area contributed by atoms with Gasteiger partial charge in [0.1, 0.15) is 0 Å². The lowest BCUT2D eigenvalue weighted by Gasteiger charge is -2.04. The van der Waals surface area contributed by atoms with Crippen LogP contribution in [-0.4, -0.2) is 4.98 Å². The molecule has 0 saturated carbocycles. The maximum atomic E-state index is 4.33. The van der Waals surface area contributed by atoms with Gasteiger partial charge in [0, 0.05) is 6.20 Å². The van der Waals surface area contributed by atoms with Gasteiger partial charge in [-0.3, -0.25) is 4.98 Å². The van der Waals surface area contributed by atoms with Crippen molar-refractivity contribution in [3.8, 4) is 0 Å². The van der Waals surface area contributed by atoms with Gasteiger partial charge in [-0.05, 0) is 53.1 Å². The Morgan fingerprint density at radius 1 is 0.895 bits per heavy atom. The molecule has 1 nitrogen and oxygen atoms in total. The van der Waals surface area contributed by atoms with Crippen LogP contribution in [0.15, 0.2) is 66.9 Å². The number of rotatable bonds is 2. The number of hydrogen-bond donors (Lipinski definition) is 0. The topological polar surface area (TPSA) is 12.9 Å². The molecular formula is C18H15N. The van der Waals surface area contributed by atoms with E-state index in [9.17, 15) is 0 Å². The van der Waals surface area contributed by atoms with E-state index in [0.717, 1.165) is 5.69 Å². The summed E-state index contributed by atoms with van der Waals surface area (Å²) in [5.74, 6) is 0. The number of pyridine rings is 1. The van der Waals surface area contributed by atoms with Crippen molar-refractivity contribution in [2.75, 3.05) is 0 Å². The molecule has 1 aromatic heterocycles. The lowest BCUT2D eigenvalue weighted by molar-refractivity contribution is 1.29. The van der Waals surface area contributed by atoms with Crippen molar-refractivity contribution >= 4 is 22.4 Å². The van der Waals surface area contributed by atoms with Gasteiger partial charge in [0.2, 0.25) is 0 Å². The lowest BCUT2D eigenvalue weighted by Crippen LogP contribution is -1.83. The van der Waals surface area contributed by atoms with Gasteiger partial charge in [-0.1, -0.05) is 42.5 Å². The average molecular weight is 245 g/mol. The van der Waals surface area contributed by atoms with Gasteiger partial charge in [0.25, 0.3) is 0 Å². The summed E-state index contributed by atoms with van der Waals surface area (Å²) >= 11 is 0. The Bertz CT molecular complexity index is 727. The Hall–Kier alpha value is -2.41.